The maximum Gasteiger partial charge on any atom is 0.00966 e. The van der Waals surface area contributed by atoms with E-state index in [2.05, 4.69) is 51.8 Å². The summed E-state index contributed by atoms with van der Waals surface area (Å²) in [4.78, 5) is 2.77. The summed E-state index contributed by atoms with van der Waals surface area (Å²) in [5, 5.41) is 3.64. The number of hydrogen-bond acceptors (Lipinski definition) is 2. The van der Waals surface area contributed by atoms with Crippen LogP contribution >= 0.6 is 0 Å². The highest BCUT2D eigenvalue weighted by molar-refractivity contribution is 4.80. The van der Waals surface area contributed by atoms with E-state index in [9.17, 15) is 0 Å². The van der Waals surface area contributed by atoms with Gasteiger partial charge in [-0.05, 0) is 52.0 Å². The third-order valence-electron chi connectivity index (χ3n) is 3.97. The second kappa shape index (κ2) is 7.64. The summed E-state index contributed by atoms with van der Waals surface area (Å²) in [6.07, 6.45) is 5.72. The topological polar surface area (TPSA) is 15.3 Å². The van der Waals surface area contributed by atoms with Gasteiger partial charge in [-0.1, -0.05) is 33.6 Å². The van der Waals surface area contributed by atoms with Gasteiger partial charge in [-0.15, -0.1) is 0 Å². The van der Waals surface area contributed by atoms with Crippen LogP contribution in [0.2, 0.25) is 0 Å². The number of rotatable bonds is 7. The first-order valence-electron chi connectivity index (χ1n) is 8.27. The van der Waals surface area contributed by atoms with E-state index in [4.69, 9.17) is 0 Å². The van der Waals surface area contributed by atoms with Gasteiger partial charge in [0.15, 0.2) is 0 Å². The molecule has 0 aliphatic heterocycles. The minimum Gasteiger partial charge on any atom is -0.312 e. The Morgan fingerprint density at radius 3 is 2.11 bits per heavy atom. The predicted molar refractivity (Wildman–Crippen MR) is 85.6 cm³/mol. The van der Waals surface area contributed by atoms with Crippen LogP contribution in [0, 0.1) is 11.8 Å². The van der Waals surface area contributed by atoms with E-state index >= 15 is 0 Å². The van der Waals surface area contributed by atoms with Gasteiger partial charge < -0.3 is 5.32 Å². The van der Waals surface area contributed by atoms with Crippen molar-refractivity contribution in [3.8, 4) is 0 Å². The first kappa shape index (κ1) is 17.0. The lowest BCUT2D eigenvalue weighted by atomic mass is 10.0. The first-order valence-corrected chi connectivity index (χ1v) is 8.27. The predicted octanol–water partition coefficient (Wildman–Crippen LogP) is 3.91. The molecule has 0 bridgehead atoms. The molecule has 0 aromatic carbocycles. The second-order valence-corrected chi connectivity index (χ2v) is 8.02. The SMILES string of the molecule is CC(C)CN(CC(C)CNC(C)(C)C)C1CCCC1. The van der Waals surface area contributed by atoms with Crippen LogP contribution in [-0.2, 0) is 0 Å². The molecule has 0 heterocycles. The van der Waals surface area contributed by atoms with E-state index in [1.54, 1.807) is 0 Å². The summed E-state index contributed by atoms with van der Waals surface area (Å²) in [5.41, 5.74) is 0.241. The molecule has 0 radical (unpaired) electrons. The van der Waals surface area contributed by atoms with E-state index < -0.39 is 0 Å². The Balaban J connectivity index is 2.42. The zero-order valence-corrected chi connectivity index (χ0v) is 14.1. The van der Waals surface area contributed by atoms with Gasteiger partial charge >= 0.3 is 0 Å². The fourth-order valence-corrected chi connectivity index (χ4v) is 3.06. The van der Waals surface area contributed by atoms with Crippen molar-refractivity contribution in [1.82, 2.24) is 10.2 Å². The highest BCUT2D eigenvalue weighted by atomic mass is 15.2. The normalized spacial score (nSPS) is 19.6. The molecule has 0 saturated heterocycles. The van der Waals surface area contributed by atoms with E-state index in [1.807, 2.05) is 0 Å². The zero-order valence-electron chi connectivity index (χ0n) is 14.1. The van der Waals surface area contributed by atoms with Gasteiger partial charge in [0.05, 0.1) is 0 Å². The third-order valence-corrected chi connectivity index (χ3v) is 3.97. The molecule has 0 aromatic rings. The molecule has 2 nitrogen and oxygen atoms in total. The van der Waals surface area contributed by atoms with Gasteiger partial charge in [-0.25, -0.2) is 0 Å². The lowest BCUT2D eigenvalue weighted by molar-refractivity contribution is 0.150. The highest BCUT2D eigenvalue weighted by Gasteiger charge is 2.24. The Labute approximate surface area is 121 Å². The van der Waals surface area contributed by atoms with Crippen LogP contribution in [-0.4, -0.2) is 36.1 Å². The molecular formula is C17H36N2. The summed E-state index contributed by atoms with van der Waals surface area (Å²) in [6.45, 7) is 17.5. The molecular weight excluding hydrogens is 232 g/mol. The van der Waals surface area contributed by atoms with E-state index in [-0.39, 0.29) is 5.54 Å². The maximum atomic E-state index is 3.64. The van der Waals surface area contributed by atoms with Crippen molar-refractivity contribution in [3.63, 3.8) is 0 Å². The van der Waals surface area contributed by atoms with Crippen LogP contribution in [0.4, 0.5) is 0 Å². The molecule has 2 heteroatoms. The van der Waals surface area contributed by atoms with E-state index in [0.29, 0.717) is 0 Å². The molecule has 1 unspecified atom stereocenters. The van der Waals surface area contributed by atoms with Gasteiger partial charge in [0.25, 0.3) is 0 Å². The molecule has 0 aromatic heterocycles. The number of nitrogens with zero attached hydrogens (tertiary/aromatic N) is 1. The molecule has 1 aliphatic carbocycles. The first-order chi connectivity index (χ1) is 8.78. The molecule has 1 atom stereocenters. The summed E-state index contributed by atoms with van der Waals surface area (Å²) in [6, 6.07) is 0.861. The summed E-state index contributed by atoms with van der Waals surface area (Å²) in [5.74, 6) is 1.52. The van der Waals surface area contributed by atoms with Crippen LogP contribution in [0.15, 0.2) is 0 Å². The third kappa shape index (κ3) is 7.31. The van der Waals surface area contributed by atoms with Crippen molar-refractivity contribution in [2.24, 2.45) is 11.8 Å². The Morgan fingerprint density at radius 2 is 1.63 bits per heavy atom. The van der Waals surface area contributed by atoms with E-state index in [0.717, 1.165) is 24.4 Å². The molecule has 1 aliphatic rings. The van der Waals surface area contributed by atoms with Crippen LogP contribution in [0.3, 0.4) is 0 Å². The Kier molecular flexibility index (Phi) is 6.82. The fourth-order valence-electron chi connectivity index (χ4n) is 3.06. The Bertz CT molecular complexity index is 236. The van der Waals surface area contributed by atoms with Gasteiger partial charge in [-0.3, -0.25) is 4.90 Å². The lowest BCUT2D eigenvalue weighted by Gasteiger charge is -2.33. The summed E-state index contributed by atoms with van der Waals surface area (Å²) >= 11 is 0. The fraction of sp³-hybridized carbons (Fsp3) is 1.00. The second-order valence-electron chi connectivity index (χ2n) is 8.02. The standard InChI is InChI=1S/C17H36N2/c1-14(2)12-19(16-9-7-8-10-16)13-15(3)11-18-17(4,5)6/h14-16,18H,7-13H2,1-6H3. The van der Waals surface area contributed by atoms with Crippen molar-refractivity contribution in [3.05, 3.63) is 0 Å². The highest BCUT2D eigenvalue weighted by Crippen LogP contribution is 2.25. The average molecular weight is 268 g/mol. The molecule has 1 N–H and O–H groups in total. The van der Waals surface area contributed by atoms with Crippen molar-refractivity contribution >= 4 is 0 Å². The number of hydrogen-bond donors (Lipinski definition) is 1. The Hall–Kier alpha value is -0.0800. The van der Waals surface area contributed by atoms with Gasteiger partial charge in [-0.2, -0.15) is 0 Å². The molecule has 0 amide bonds. The van der Waals surface area contributed by atoms with Crippen molar-refractivity contribution in [2.45, 2.75) is 78.8 Å². The smallest absolute Gasteiger partial charge is 0.00966 e. The largest absolute Gasteiger partial charge is 0.312 e. The molecule has 0 spiro atoms. The minimum atomic E-state index is 0.241. The molecule has 1 rings (SSSR count). The van der Waals surface area contributed by atoms with Crippen LogP contribution in [0.25, 0.3) is 0 Å². The monoisotopic (exact) mass is 268 g/mol. The average Bonchev–Trinajstić information content (AvgIpc) is 2.77. The van der Waals surface area contributed by atoms with E-state index in [1.165, 1.54) is 38.8 Å². The summed E-state index contributed by atoms with van der Waals surface area (Å²) < 4.78 is 0. The van der Waals surface area contributed by atoms with Crippen LogP contribution < -0.4 is 5.32 Å². The molecule has 1 saturated carbocycles. The molecule has 1 fully saturated rings. The summed E-state index contributed by atoms with van der Waals surface area (Å²) in [7, 11) is 0. The molecule has 19 heavy (non-hydrogen) atoms. The van der Waals surface area contributed by atoms with Crippen molar-refractivity contribution in [1.29, 1.82) is 0 Å². The van der Waals surface area contributed by atoms with Crippen molar-refractivity contribution in [2.75, 3.05) is 19.6 Å². The zero-order chi connectivity index (χ0) is 14.5. The van der Waals surface area contributed by atoms with Crippen LogP contribution in [0.1, 0.15) is 67.2 Å². The van der Waals surface area contributed by atoms with Gasteiger partial charge in [0.2, 0.25) is 0 Å². The minimum absolute atomic E-state index is 0.241. The number of nitrogens with one attached hydrogen (secondary N) is 1. The maximum absolute atomic E-state index is 3.64. The lowest BCUT2D eigenvalue weighted by Crippen LogP contribution is -2.44. The van der Waals surface area contributed by atoms with Crippen molar-refractivity contribution < 1.29 is 0 Å². The van der Waals surface area contributed by atoms with Crippen LogP contribution in [0.5, 0.6) is 0 Å². The van der Waals surface area contributed by atoms with Gasteiger partial charge in [0.1, 0.15) is 0 Å². The van der Waals surface area contributed by atoms with Gasteiger partial charge in [0, 0.05) is 24.7 Å². The quantitative estimate of drug-likeness (QED) is 0.753. The molecule has 114 valence electrons. The Morgan fingerprint density at radius 1 is 1.05 bits per heavy atom.